The molecule has 88 valence electrons. The predicted octanol–water partition coefficient (Wildman–Crippen LogP) is 3.79. The quantitative estimate of drug-likeness (QED) is 0.885. The van der Waals surface area contributed by atoms with Gasteiger partial charge in [0, 0.05) is 10.2 Å². The molecule has 1 heterocycles. The second-order valence-corrected chi connectivity index (χ2v) is 4.85. The lowest BCUT2D eigenvalue weighted by molar-refractivity contribution is 1.20. The molecule has 0 radical (unpaired) electrons. The molecule has 17 heavy (non-hydrogen) atoms. The Bertz CT molecular complexity index is 552. The Morgan fingerprint density at radius 3 is 2.65 bits per heavy atom. The zero-order valence-electron chi connectivity index (χ0n) is 9.79. The van der Waals surface area contributed by atoms with Crippen LogP contribution in [-0.2, 0) is 0 Å². The molecule has 0 aliphatic heterocycles. The van der Waals surface area contributed by atoms with Crippen LogP contribution in [0.2, 0.25) is 0 Å². The topological polar surface area (TPSA) is 50.9 Å². The number of pyridine rings is 1. The summed E-state index contributed by atoms with van der Waals surface area (Å²) in [5.41, 5.74) is 9.61. The molecule has 3 nitrogen and oxygen atoms in total. The molecule has 0 amide bonds. The Morgan fingerprint density at radius 1 is 1.18 bits per heavy atom. The Kier molecular flexibility index (Phi) is 3.33. The van der Waals surface area contributed by atoms with Crippen molar-refractivity contribution in [1.29, 1.82) is 0 Å². The molecule has 0 saturated carbocycles. The van der Waals surface area contributed by atoms with E-state index in [0.717, 1.165) is 15.9 Å². The Balaban J connectivity index is 2.34. The summed E-state index contributed by atoms with van der Waals surface area (Å²) >= 11 is 3.52. The van der Waals surface area contributed by atoms with Crippen molar-refractivity contribution in [3.8, 4) is 0 Å². The molecular formula is C13H14BrN3. The molecule has 0 spiro atoms. The third-order valence-electron chi connectivity index (χ3n) is 2.44. The van der Waals surface area contributed by atoms with Gasteiger partial charge in [-0.15, -0.1) is 0 Å². The number of nitrogens with zero attached hydrogens (tertiary/aromatic N) is 1. The summed E-state index contributed by atoms with van der Waals surface area (Å²) < 4.78 is 1.00. The second kappa shape index (κ2) is 4.75. The van der Waals surface area contributed by atoms with E-state index in [4.69, 9.17) is 5.73 Å². The minimum atomic E-state index is 0.642. The third kappa shape index (κ3) is 2.77. The number of nitrogens with two attached hydrogens (primary N) is 1. The second-order valence-electron chi connectivity index (χ2n) is 4.00. The molecule has 1 aromatic carbocycles. The maximum Gasteiger partial charge on any atom is 0.153 e. The van der Waals surface area contributed by atoms with Gasteiger partial charge in [0.1, 0.15) is 0 Å². The molecule has 0 aliphatic carbocycles. The van der Waals surface area contributed by atoms with Crippen molar-refractivity contribution in [3.63, 3.8) is 0 Å². The van der Waals surface area contributed by atoms with Gasteiger partial charge in [-0.3, -0.25) is 0 Å². The highest BCUT2D eigenvalue weighted by molar-refractivity contribution is 9.10. The number of aromatic nitrogens is 1. The molecule has 2 rings (SSSR count). The Morgan fingerprint density at radius 2 is 1.94 bits per heavy atom. The zero-order valence-corrected chi connectivity index (χ0v) is 11.4. The molecular weight excluding hydrogens is 278 g/mol. The summed E-state index contributed by atoms with van der Waals surface area (Å²) in [6, 6.07) is 9.84. The lowest BCUT2D eigenvalue weighted by Crippen LogP contribution is -2.00. The van der Waals surface area contributed by atoms with E-state index >= 15 is 0 Å². The first-order chi connectivity index (χ1) is 8.06. The highest BCUT2D eigenvalue weighted by Crippen LogP contribution is 2.28. The number of halogens is 1. The maximum absolute atomic E-state index is 5.88. The van der Waals surface area contributed by atoms with Gasteiger partial charge < -0.3 is 11.1 Å². The molecule has 4 heteroatoms. The van der Waals surface area contributed by atoms with Gasteiger partial charge in [0.2, 0.25) is 0 Å². The van der Waals surface area contributed by atoms with Crippen LogP contribution in [0, 0.1) is 13.8 Å². The zero-order chi connectivity index (χ0) is 12.4. The maximum atomic E-state index is 5.88. The van der Waals surface area contributed by atoms with Gasteiger partial charge in [0.15, 0.2) is 5.82 Å². The fourth-order valence-electron chi connectivity index (χ4n) is 1.52. The summed E-state index contributed by atoms with van der Waals surface area (Å²) in [5.74, 6) is 0.689. The fraction of sp³-hybridized carbons (Fsp3) is 0.154. The van der Waals surface area contributed by atoms with Gasteiger partial charge in [-0.1, -0.05) is 6.07 Å². The normalized spacial score (nSPS) is 10.3. The molecule has 0 bridgehead atoms. The van der Waals surface area contributed by atoms with Gasteiger partial charge in [-0.2, -0.15) is 0 Å². The summed E-state index contributed by atoms with van der Waals surface area (Å²) in [6.07, 6.45) is 0. The highest BCUT2D eigenvalue weighted by Gasteiger charge is 2.04. The Labute approximate surface area is 109 Å². The molecule has 1 aromatic heterocycles. The van der Waals surface area contributed by atoms with Crippen molar-refractivity contribution < 1.29 is 0 Å². The van der Waals surface area contributed by atoms with Crippen molar-refractivity contribution in [2.75, 3.05) is 11.1 Å². The number of hydrogen-bond donors (Lipinski definition) is 2. The average molecular weight is 292 g/mol. The van der Waals surface area contributed by atoms with Crippen molar-refractivity contribution in [3.05, 3.63) is 46.1 Å². The van der Waals surface area contributed by atoms with Crippen LogP contribution in [0.5, 0.6) is 0 Å². The first kappa shape index (κ1) is 11.9. The van der Waals surface area contributed by atoms with Crippen molar-refractivity contribution in [2.45, 2.75) is 13.8 Å². The molecule has 0 fully saturated rings. The van der Waals surface area contributed by atoms with Crippen molar-refractivity contribution in [1.82, 2.24) is 4.98 Å². The average Bonchev–Trinajstić information content (AvgIpc) is 2.27. The number of anilines is 3. The summed E-state index contributed by atoms with van der Waals surface area (Å²) in [6.45, 7) is 3.99. The third-order valence-corrected chi connectivity index (χ3v) is 3.10. The first-order valence-electron chi connectivity index (χ1n) is 5.32. The number of benzene rings is 1. The van der Waals surface area contributed by atoms with Crippen LogP contribution in [0.3, 0.4) is 0 Å². The van der Waals surface area contributed by atoms with Gasteiger partial charge in [-0.05, 0) is 59.6 Å². The number of aryl methyl sites for hydroxylation is 2. The first-order valence-corrected chi connectivity index (χ1v) is 6.12. The van der Waals surface area contributed by atoms with Crippen molar-refractivity contribution >= 4 is 33.1 Å². The van der Waals surface area contributed by atoms with E-state index < -0.39 is 0 Å². The van der Waals surface area contributed by atoms with Crippen LogP contribution < -0.4 is 11.1 Å². The summed E-state index contributed by atoms with van der Waals surface area (Å²) in [7, 11) is 0. The van der Waals surface area contributed by atoms with Crippen LogP contribution in [0.15, 0.2) is 34.8 Å². The lowest BCUT2D eigenvalue weighted by Gasteiger charge is -2.11. The predicted molar refractivity (Wildman–Crippen MR) is 75.5 cm³/mol. The molecule has 0 aliphatic rings. The van der Waals surface area contributed by atoms with E-state index in [-0.39, 0.29) is 0 Å². The fourth-order valence-corrected chi connectivity index (χ4v) is 2.11. The van der Waals surface area contributed by atoms with Crippen LogP contribution >= 0.6 is 15.9 Å². The lowest BCUT2D eigenvalue weighted by atomic mass is 10.2. The molecule has 0 saturated heterocycles. The summed E-state index contributed by atoms with van der Waals surface area (Å²) in [4.78, 5) is 4.37. The number of nitrogen functional groups attached to an aromatic ring is 1. The monoisotopic (exact) mass is 291 g/mol. The van der Waals surface area contributed by atoms with Gasteiger partial charge in [0.25, 0.3) is 0 Å². The minimum Gasteiger partial charge on any atom is -0.396 e. The molecule has 3 N–H and O–H groups in total. The van der Waals surface area contributed by atoms with Crippen LogP contribution in [-0.4, -0.2) is 4.98 Å². The van der Waals surface area contributed by atoms with Gasteiger partial charge in [0.05, 0.1) is 11.4 Å². The van der Waals surface area contributed by atoms with Crippen LogP contribution in [0.1, 0.15) is 11.3 Å². The number of nitrogens with one attached hydrogen (secondary N) is 1. The largest absolute Gasteiger partial charge is 0.396 e. The minimum absolute atomic E-state index is 0.642. The van der Waals surface area contributed by atoms with E-state index in [2.05, 4.69) is 26.2 Å². The van der Waals surface area contributed by atoms with E-state index in [1.165, 1.54) is 5.56 Å². The van der Waals surface area contributed by atoms with Crippen LogP contribution in [0.4, 0.5) is 17.2 Å². The van der Waals surface area contributed by atoms with E-state index in [1.54, 1.807) is 0 Å². The number of hydrogen-bond acceptors (Lipinski definition) is 3. The smallest absolute Gasteiger partial charge is 0.153 e. The summed E-state index contributed by atoms with van der Waals surface area (Å²) in [5, 5.41) is 3.23. The molecule has 0 atom stereocenters. The van der Waals surface area contributed by atoms with E-state index in [1.807, 2.05) is 44.2 Å². The van der Waals surface area contributed by atoms with E-state index in [0.29, 0.717) is 11.5 Å². The molecule has 0 unspecified atom stereocenters. The Hall–Kier alpha value is -1.55. The standard InChI is InChI=1S/C13H14BrN3/c1-8-3-6-12(10(14)7-8)17-13-11(15)5-4-9(2)16-13/h3-7H,15H2,1-2H3,(H,16,17). The molecule has 2 aromatic rings. The highest BCUT2D eigenvalue weighted by atomic mass is 79.9. The van der Waals surface area contributed by atoms with Gasteiger partial charge >= 0.3 is 0 Å². The van der Waals surface area contributed by atoms with Gasteiger partial charge in [-0.25, -0.2) is 4.98 Å². The van der Waals surface area contributed by atoms with Crippen molar-refractivity contribution in [2.24, 2.45) is 0 Å². The number of rotatable bonds is 2. The van der Waals surface area contributed by atoms with Crippen LogP contribution in [0.25, 0.3) is 0 Å². The van der Waals surface area contributed by atoms with E-state index in [9.17, 15) is 0 Å². The SMILES string of the molecule is Cc1ccc(Nc2nc(C)ccc2N)c(Br)c1.